The first-order valence-electron chi connectivity index (χ1n) is 18.9. The zero-order valence-electron chi connectivity index (χ0n) is 32.8. The molecule has 3 amide bonds. The molecule has 0 aliphatic rings. The van der Waals surface area contributed by atoms with Gasteiger partial charge in [-0.2, -0.15) is 11.3 Å². The van der Waals surface area contributed by atoms with E-state index < -0.39 is 5.91 Å². The minimum atomic E-state index is -0.430. The first-order chi connectivity index (χ1) is 26.3. The molecular weight excluding hydrogens is 697 g/mol. The highest BCUT2D eigenvalue weighted by Gasteiger charge is 2.11. The van der Waals surface area contributed by atoms with Crippen molar-refractivity contribution < 1.29 is 19.1 Å². The van der Waals surface area contributed by atoms with Crippen LogP contribution in [0, 0.1) is 0 Å². The van der Waals surface area contributed by atoms with E-state index in [4.69, 9.17) is 4.74 Å². The number of pyridine rings is 2. The normalized spacial score (nSPS) is 10.7. The Bertz CT molecular complexity index is 1690. The van der Waals surface area contributed by atoms with Gasteiger partial charge in [0.25, 0.3) is 17.7 Å². The van der Waals surface area contributed by atoms with Crippen LogP contribution in [0.25, 0.3) is 0 Å². The van der Waals surface area contributed by atoms with Gasteiger partial charge < -0.3 is 10.1 Å². The number of carbonyl (C=O) groups excluding carboxylic acids is 3. The molecule has 0 unspecified atom stereocenters. The fourth-order valence-electron chi connectivity index (χ4n) is 4.91. The summed E-state index contributed by atoms with van der Waals surface area (Å²) >= 11 is 1.42. The molecular formula is C43H58N6O4S. The fourth-order valence-corrected chi connectivity index (χ4v) is 5.55. The molecule has 0 spiro atoms. The lowest BCUT2D eigenvalue weighted by molar-refractivity contribution is 0.0844. The molecule has 0 fully saturated rings. The van der Waals surface area contributed by atoms with E-state index in [-0.39, 0.29) is 17.5 Å². The highest BCUT2D eigenvalue weighted by molar-refractivity contribution is 7.08. The van der Waals surface area contributed by atoms with Crippen molar-refractivity contribution in [1.29, 1.82) is 0 Å². The maximum Gasteiger partial charge on any atom is 0.288 e. The zero-order chi connectivity index (χ0) is 39.4. The summed E-state index contributed by atoms with van der Waals surface area (Å²) in [6, 6.07) is 16.2. The van der Waals surface area contributed by atoms with Gasteiger partial charge in [-0.3, -0.25) is 40.2 Å². The molecule has 0 saturated heterocycles. The lowest BCUT2D eigenvalue weighted by atomic mass is 10.1. The molecule has 0 atom stereocenters. The highest BCUT2D eigenvalue weighted by Crippen LogP contribution is 2.16. The number of allylic oxidation sites excluding steroid dienone is 2. The van der Waals surface area contributed by atoms with Crippen LogP contribution in [0.15, 0.2) is 94.4 Å². The SMILES string of the molecule is CC/C=C(\C=NC)CCCC.CCCCCc1ccc(C(=O)Nc2ccc(OC)cc2)nc1.CCCCc1ccc(C(=O)NNC(=O)c2ccsc2)nc1. The summed E-state index contributed by atoms with van der Waals surface area (Å²) in [6.07, 6.45) is 20.3. The van der Waals surface area contributed by atoms with E-state index in [0.29, 0.717) is 11.3 Å². The summed E-state index contributed by atoms with van der Waals surface area (Å²) < 4.78 is 5.09. The molecule has 0 aliphatic carbocycles. The van der Waals surface area contributed by atoms with Crippen LogP contribution in [0.2, 0.25) is 0 Å². The lowest BCUT2D eigenvalue weighted by Crippen LogP contribution is -2.41. The van der Waals surface area contributed by atoms with Crippen molar-refractivity contribution in [2.24, 2.45) is 4.99 Å². The van der Waals surface area contributed by atoms with Crippen molar-refractivity contribution in [3.8, 4) is 5.75 Å². The summed E-state index contributed by atoms with van der Waals surface area (Å²) in [5, 5.41) is 6.33. The molecule has 3 N–H and O–H groups in total. The molecule has 0 radical (unpaired) electrons. The number of aryl methyl sites for hydroxylation is 2. The molecule has 290 valence electrons. The van der Waals surface area contributed by atoms with E-state index in [1.807, 2.05) is 25.4 Å². The van der Waals surface area contributed by atoms with Gasteiger partial charge in [-0.05, 0) is 109 Å². The third-order valence-corrected chi connectivity index (χ3v) is 8.69. The molecule has 0 bridgehead atoms. The minimum absolute atomic E-state index is 0.203. The van der Waals surface area contributed by atoms with Gasteiger partial charge in [0.15, 0.2) is 0 Å². The average molecular weight is 755 g/mol. The fraction of sp³-hybridized carbons (Fsp3) is 0.395. The third-order valence-electron chi connectivity index (χ3n) is 8.00. The number of ether oxygens (including phenoxy) is 1. The number of rotatable bonds is 17. The van der Waals surface area contributed by atoms with Crippen LogP contribution in [0.3, 0.4) is 0 Å². The van der Waals surface area contributed by atoms with Crippen molar-refractivity contribution in [2.45, 2.75) is 98.3 Å². The number of thiophene rings is 1. The second kappa shape index (κ2) is 27.4. The van der Waals surface area contributed by atoms with Gasteiger partial charge in [0, 0.05) is 36.7 Å². The zero-order valence-corrected chi connectivity index (χ0v) is 33.6. The number of hydrogen-bond acceptors (Lipinski definition) is 8. The quantitative estimate of drug-likeness (QED) is 0.0558. The Morgan fingerprint density at radius 3 is 1.87 bits per heavy atom. The van der Waals surface area contributed by atoms with E-state index in [2.05, 4.69) is 64.9 Å². The number of carbonyl (C=O) groups is 3. The van der Waals surface area contributed by atoms with Crippen molar-refractivity contribution in [1.82, 2.24) is 20.8 Å². The number of hydrogen-bond donors (Lipinski definition) is 3. The molecule has 4 rings (SSSR count). The van der Waals surface area contributed by atoms with Crippen LogP contribution in [0.4, 0.5) is 5.69 Å². The number of amides is 3. The van der Waals surface area contributed by atoms with Crippen LogP contribution >= 0.6 is 11.3 Å². The lowest BCUT2D eigenvalue weighted by Gasteiger charge is -2.06. The number of nitrogens with one attached hydrogen (secondary N) is 3. The van der Waals surface area contributed by atoms with Crippen LogP contribution < -0.4 is 20.9 Å². The Labute approximate surface area is 326 Å². The topological polar surface area (TPSA) is 135 Å². The number of anilines is 1. The number of aromatic nitrogens is 2. The molecule has 0 aliphatic heterocycles. The first kappa shape index (κ1) is 45.0. The van der Waals surface area contributed by atoms with Crippen LogP contribution in [-0.4, -0.2) is 48.1 Å². The van der Waals surface area contributed by atoms with Crippen LogP contribution in [0.5, 0.6) is 5.75 Å². The average Bonchev–Trinajstić information content (AvgIpc) is 3.75. The Balaban J connectivity index is 0.000000297. The standard InChI is InChI=1S/C18H22N2O2.C15H17N3O2S.C10H19N/c1-3-4-5-6-14-7-12-17(19-13-14)18(21)20-15-8-10-16(22-2)11-9-15;1-2-3-4-11-5-6-13(16-9-11)15(20)18-17-14(19)12-7-8-21-10-12;1-4-6-8-10(7-5-2)9-11-3/h7-13H,3-6H2,1-2H3,(H,20,21);5-10H,2-4H2,1H3,(H,17,19)(H,18,20);7,9H,4-6,8H2,1-3H3/b;;10-7-,11-9?. The molecule has 3 heterocycles. The number of unbranched alkanes of at least 4 members (excludes halogenated alkanes) is 4. The van der Waals surface area contributed by atoms with E-state index >= 15 is 0 Å². The Hall–Kier alpha value is -5.16. The molecule has 10 nitrogen and oxygen atoms in total. The molecule has 4 aromatic rings. The van der Waals surface area contributed by atoms with Gasteiger partial charge in [0.1, 0.15) is 17.1 Å². The van der Waals surface area contributed by atoms with E-state index in [0.717, 1.165) is 55.5 Å². The Kier molecular flexibility index (Phi) is 22.9. The predicted octanol–water partition coefficient (Wildman–Crippen LogP) is 9.85. The van der Waals surface area contributed by atoms with Gasteiger partial charge in [0.2, 0.25) is 0 Å². The summed E-state index contributed by atoms with van der Waals surface area (Å²) in [5.74, 6) is -0.220. The van der Waals surface area contributed by atoms with Crippen LogP contribution in [0.1, 0.15) is 128 Å². The maximum atomic E-state index is 12.1. The maximum absolute atomic E-state index is 12.1. The Morgan fingerprint density at radius 1 is 0.741 bits per heavy atom. The van der Waals surface area contributed by atoms with Crippen molar-refractivity contribution in [3.63, 3.8) is 0 Å². The number of hydrazine groups is 1. The van der Waals surface area contributed by atoms with Crippen LogP contribution in [-0.2, 0) is 12.8 Å². The molecule has 11 heteroatoms. The van der Waals surface area contributed by atoms with E-state index in [1.54, 1.807) is 72.7 Å². The summed E-state index contributed by atoms with van der Waals surface area (Å²) in [7, 11) is 3.44. The smallest absolute Gasteiger partial charge is 0.288 e. The molecule has 1 aromatic carbocycles. The third kappa shape index (κ3) is 18.1. The number of methoxy groups -OCH3 is 1. The Morgan fingerprint density at radius 2 is 1.35 bits per heavy atom. The van der Waals surface area contributed by atoms with Crippen molar-refractivity contribution in [3.05, 3.63) is 117 Å². The first-order valence-corrected chi connectivity index (χ1v) is 19.8. The van der Waals surface area contributed by atoms with Crippen molar-refractivity contribution in [2.75, 3.05) is 19.5 Å². The van der Waals surface area contributed by atoms with Gasteiger partial charge >= 0.3 is 0 Å². The number of benzene rings is 1. The summed E-state index contributed by atoms with van der Waals surface area (Å²) in [5.41, 5.74) is 10.3. The molecule has 3 aromatic heterocycles. The van der Waals surface area contributed by atoms with Gasteiger partial charge in [-0.15, -0.1) is 0 Å². The minimum Gasteiger partial charge on any atom is -0.497 e. The second-order valence-electron chi connectivity index (χ2n) is 12.4. The highest BCUT2D eigenvalue weighted by atomic mass is 32.1. The summed E-state index contributed by atoms with van der Waals surface area (Å²) in [4.78, 5) is 48.0. The van der Waals surface area contributed by atoms with E-state index in [1.165, 1.54) is 54.6 Å². The van der Waals surface area contributed by atoms with Crippen molar-refractivity contribution >= 4 is 41.0 Å². The number of aliphatic imine (C=N–C) groups is 1. The molecule has 54 heavy (non-hydrogen) atoms. The van der Waals surface area contributed by atoms with Gasteiger partial charge in [-0.25, -0.2) is 0 Å². The summed E-state index contributed by atoms with van der Waals surface area (Å²) in [6.45, 7) is 8.69. The predicted molar refractivity (Wildman–Crippen MR) is 223 cm³/mol. The second-order valence-corrected chi connectivity index (χ2v) is 13.2. The monoisotopic (exact) mass is 754 g/mol. The number of nitrogens with zero attached hydrogens (tertiary/aromatic N) is 3. The van der Waals surface area contributed by atoms with Gasteiger partial charge in [-0.1, -0.05) is 71.6 Å². The van der Waals surface area contributed by atoms with Gasteiger partial charge in [0.05, 0.1) is 12.7 Å². The molecule has 0 saturated carbocycles. The largest absolute Gasteiger partial charge is 0.497 e. The van der Waals surface area contributed by atoms with E-state index in [9.17, 15) is 14.4 Å².